The van der Waals surface area contributed by atoms with Gasteiger partial charge in [0.1, 0.15) is 16.8 Å². The largest absolute Gasteiger partial charge is 0.468 e. The molecule has 23 heavy (non-hydrogen) atoms. The average molecular weight is 339 g/mol. The number of hydrogen-bond donors (Lipinski definition) is 1. The Kier molecular flexibility index (Phi) is 5.20. The monoisotopic (exact) mass is 339 g/mol. The van der Waals surface area contributed by atoms with Gasteiger partial charge in [-0.25, -0.2) is 12.8 Å². The summed E-state index contributed by atoms with van der Waals surface area (Å²) in [5.74, 6) is -0.818. The molecular formula is C16H18FNO4S. The minimum absolute atomic E-state index is 0.0286. The first kappa shape index (κ1) is 17.2. The van der Waals surface area contributed by atoms with Crippen LogP contribution in [0.25, 0.3) is 0 Å². The molecule has 1 atom stereocenters. The summed E-state index contributed by atoms with van der Waals surface area (Å²) in [6, 6.07) is 7.67. The van der Waals surface area contributed by atoms with Crippen LogP contribution in [0.3, 0.4) is 0 Å². The molecular weight excluding hydrogens is 321 g/mol. The molecule has 0 saturated carbocycles. The smallest absolute Gasteiger partial charge is 0.222 e. The zero-order valence-electron chi connectivity index (χ0n) is 12.8. The fourth-order valence-electron chi connectivity index (χ4n) is 2.02. The van der Waals surface area contributed by atoms with E-state index in [2.05, 4.69) is 5.32 Å². The summed E-state index contributed by atoms with van der Waals surface area (Å²) in [7, 11) is -3.84. The fraction of sp³-hybridized carbons (Fsp3) is 0.312. The van der Waals surface area contributed by atoms with Crippen LogP contribution in [0.5, 0.6) is 0 Å². The Morgan fingerprint density at radius 1 is 1.22 bits per heavy atom. The van der Waals surface area contributed by atoms with E-state index in [-0.39, 0.29) is 29.0 Å². The molecule has 0 saturated heterocycles. The summed E-state index contributed by atoms with van der Waals surface area (Å²) in [5.41, 5.74) is 0. The Balaban J connectivity index is 2.33. The lowest BCUT2D eigenvalue weighted by Gasteiger charge is -2.17. The third-order valence-corrected chi connectivity index (χ3v) is 5.44. The molecule has 1 aromatic heterocycles. The highest BCUT2D eigenvalue weighted by Gasteiger charge is 2.32. The second-order valence-electron chi connectivity index (χ2n) is 5.40. The standard InChI is InChI=1S/C16H18FNO4S/c1-11(2)16(19)18-10-15(14-4-3-9-22-14)23(20,21)13-7-5-12(17)6-8-13/h3-9,11,15H,10H2,1-2H3,(H,18,19)/t15-/m0/s1. The van der Waals surface area contributed by atoms with E-state index in [0.717, 1.165) is 12.1 Å². The number of nitrogens with one attached hydrogen (secondary N) is 1. The number of carbonyl (C=O) groups excluding carboxylic acids is 1. The minimum atomic E-state index is -3.84. The van der Waals surface area contributed by atoms with Crippen molar-refractivity contribution in [2.75, 3.05) is 6.54 Å². The van der Waals surface area contributed by atoms with Crippen LogP contribution in [0.2, 0.25) is 0 Å². The molecule has 1 aromatic carbocycles. The summed E-state index contributed by atoms with van der Waals surface area (Å²) in [6.45, 7) is 3.31. The molecule has 2 rings (SSSR count). The molecule has 1 heterocycles. The Labute approximate surface area is 134 Å². The molecule has 0 unspecified atom stereocenters. The molecule has 124 valence electrons. The van der Waals surface area contributed by atoms with E-state index in [9.17, 15) is 17.6 Å². The lowest BCUT2D eigenvalue weighted by Crippen LogP contribution is -2.34. The van der Waals surface area contributed by atoms with Crippen molar-refractivity contribution in [2.24, 2.45) is 5.92 Å². The second-order valence-corrected chi connectivity index (χ2v) is 7.53. The van der Waals surface area contributed by atoms with Crippen molar-refractivity contribution in [3.05, 3.63) is 54.2 Å². The maximum absolute atomic E-state index is 13.0. The lowest BCUT2D eigenvalue weighted by atomic mass is 10.2. The van der Waals surface area contributed by atoms with Crippen molar-refractivity contribution in [1.29, 1.82) is 0 Å². The summed E-state index contributed by atoms with van der Waals surface area (Å²) >= 11 is 0. The van der Waals surface area contributed by atoms with Crippen molar-refractivity contribution in [1.82, 2.24) is 5.32 Å². The number of hydrogen-bond acceptors (Lipinski definition) is 4. The molecule has 0 aliphatic rings. The molecule has 0 aliphatic heterocycles. The number of carbonyl (C=O) groups is 1. The van der Waals surface area contributed by atoms with E-state index in [1.165, 1.54) is 24.5 Å². The number of furan rings is 1. The van der Waals surface area contributed by atoms with Crippen LogP contribution in [-0.2, 0) is 14.6 Å². The first-order valence-corrected chi connectivity index (χ1v) is 8.67. The Hall–Kier alpha value is -2.15. The molecule has 0 fully saturated rings. The highest BCUT2D eigenvalue weighted by Crippen LogP contribution is 2.29. The average Bonchev–Trinajstić information content (AvgIpc) is 3.01. The van der Waals surface area contributed by atoms with Crippen LogP contribution in [0.15, 0.2) is 52.0 Å². The van der Waals surface area contributed by atoms with Gasteiger partial charge in [-0.1, -0.05) is 13.8 Å². The van der Waals surface area contributed by atoms with E-state index in [0.29, 0.717) is 0 Å². The summed E-state index contributed by atoms with van der Waals surface area (Å²) in [4.78, 5) is 11.7. The van der Waals surface area contributed by atoms with Gasteiger partial charge in [0.15, 0.2) is 9.84 Å². The third-order valence-electron chi connectivity index (χ3n) is 3.36. The van der Waals surface area contributed by atoms with E-state index < -0.39 is 20.9 Å². The highest BCUT2D eigenvalue weighted by molar-refractivity contribution is 7.91. The number of sulfone groups is 1. The van der Waals surface area contributed by atoms with E-state index in [1.807, 2.05) is 0 Å². The number of benzene rings is 1. The molecule has 5 nitrogen and oxygen atoms in total. The van der Waals surface area contributed by atoms with Crippen molar-refractivity contribution >= 4 is 15.7 Å². The summed E-state index contributed by atoms with van der Waals surface area (Å²) < 4.78 is 43.8. The van der Waals surface area contributed by atoms with Gasteiger partial charge in [0.25, 0.3) is 0 Å². The van der Waals surface area contributed by atoms with Gasteiger partial charge < -0.3 is 9.73 Å². The van der Waals surface area contributed by atoms with Crippen LogP contribution >= 0.6 is 0 Å². The van der Waals surface area contributed by atoms with Crippen LogP contribution in [0.4, 0.5) is 4.39 Å². The molecule has 0 aliphatic carbocycles. The number of halogens is 1. The molecule has 2 aromatic rings. The SMILES string of the molecule is CC(C)C(=O)NC[C@@H](c1ccco1)S(=O)(=O)c1ccc(F)cc1. The Morgan fingerprint density at radius 3 is 2.39 bits per heavy atom. The topological polar surface area (TPSA) is 76.4 Å². The van der Waals surface area contributed by atoms with Crippen LogP contribution in [-0.4, -0.2) is 20.9 Å². The predicted octanol–water partition coefficient (Wildman–Crippen LogP) is 2.71. The van der Waals surface area contributed by atoms with Crippen molar-refractivity contribution in [3.63, 3.8) is 0 Å². The second kappa shape index (κ2) is 6.95. The molecule has 0 radical (unpaired) electrons. The maximum Gasteiger partial charge on any atom is 0.222 e. The number of rotatable bonds is 6. The first-order chi connectivity index (χ1) is 10.8. The molecule has 0 spiro atoms. The van der Waals surface area contributed by atoms with Crippen molar-refractivity contribution in [3.8, 4) is 0 Å². The van der Waals surface area contributed by atoms with Gasteiger partial charge in [0.05, 0.1) is 11.2 Å². The van der Waals surface area contributed by atoms with Crippen LogP contribution < -0.4 is 5.32 Å². The third kappa shape index (κ3) is 3.98. The van der Waals surface area contributed by atoms with Gasteiger partial charge in [0, 0.05) is 12.5 Å². The summed E-state index contributed by atoms with van der Waals surface area (Å²) in [6.07, 6.45) is 1.37. The lowest BCUT2D eigenvalue weighted by molar-refractivity contribution is -0.123. The van der Waals surface area contributed by atoms with Crippen LogP contribution in [0, 0.1) is 11.7 Å². The summed E-state index contributed by atoms with van der Waals surface area (Å²) in [5, 5.41) is 1.53. The normalized spacial score (nSPS) is 13.0. The fourth-order valence-corrected chi connectivity index (χ4v) is 3.61. The molecule has 1 amide bonds. The predicted molar refractivity (Wildman–Crippen MR) is 82.9 cm³/mol. The molecule has 1 N–H and O–H groups in total. The minimum Gasteiger partial charge on any atom is -0.468 e. The Morgan fingerprint density at radius 2 is 1.87 bits per heavy atom. The molecule has 0 bridgehead atoms. The Bertz CT molecular complexity index is 752. The van der Waals surface area contributed by atoms with E-state index in [1.54, 1.807) is 19.9 Å². The maximum atomic E-state index is 13.0. The van der Waals surface area contributed by atoms with Crippen molar-refractivity contribution in [2.45, 2.75) is 24.0 Å². The highest BCUT2D eigenvalue weighted by atomic mass is 32.2. The van der Waals surface area contributed by atoms with Gasteiger partial charge in [-0.15, -0.1) is 0 Å². The van der Waals surface area contributed by atoms with Gasteiger partial charge in [0.2, 0.25) is 5.91 Å². The van der Waals surface area contributed by atoms with Gasteiger partial charge in [-0.05, 0) is 36.4 Å². The molecule has 7 heteroatoms. The quantitative estimate of drug-likeness (QED) is 0.821. The van der Waals surface area contributed by atoms with Gasteiger partial charge in [-0.2, -0.15) is 0 Å². The zero-order chi connectivity index (χ0) is 17.0. The van der Waals surface area contributed by atoms with E-state index in [4.69, 9.17) is 4.42 Å². The number of amides is 1. The van der Waals surface area contributed by atoms with Gasteiger partial charge >= 0.3 is 0 Å². The van der Waals surface area contributed by atoms with Gasteiger partial charge in [-0.3, -0.25) is 4.79 Å². The zero-order valence-corrected chi connectivity index (χ0v) is 13.6. The van der Waals surface area contributed by atoms with E-state index >= 15 is 0 Å². The van der Waals surface area contributed by atoms with Crippen molar-refractivity contribution < 1.29 is 22.0 Å². The first-order valence-electron chi connectivity index (χ1n) is 7.13. The van der Waals surface area contributed by atoms with Crippen LogP contribution in [0.1, 0.15) is 24.9 Å².